The summed E-state index contributed by atoms with van der Waals surface area (Å²) >= 11 is 0. The third-order valence-electron chi connectivity index (χ3n) is 3.11. The zero-order valence-corrected chi connectivity index (χ0v) is 15.8. The molecule has 1 N–H and O–H groups in total. The summed E-state index contributed by atoms with van der Waals surface area (Å²) in [5, 5.41) is 0. The zero-order valence-electron chi connectivity index (χ0n) is 15.6. The van der Waals surface area contributed by atoms with Crippen LogP contribution in [0.1, 0.15) is 80.9 Å². The smallest absolute Gasteiger partial charge is 1.00 e. The van der Waals surface area contributed by atoms with Crippen molar-refractivity contribution in [2.24, 2.45) is 0 Å². The van der Waals surface area contributed by atoms with Gasteiger partial charge in [-0.05, 0) is 13.3 Å². The molecule has 1 atom stereocenters. The van der Waals surface area contributed by atoms with Gasteiger partial charge in [0.15, 0.2) is 6.29 Å². The Morgan fingerprint density at radius 1 is 0.952 bits per heavy atom. The minimum atomic E-state index is -4.41. The van der Waals surface area contributed by atoms with Gasteiger partial charge in [-0.15, -0.1) is 0 Å². The maximum atomic E-state index is 10.4. The summed E-state index contributed by atoms with van der Waals surface area (Å²) in [5.74, 6) is 0. The van der Waals surface area contributed by atoms with Crippen molar-refractivity contribution in [1.29, 1.82) is 0 Å². The normalized spacial score (nSPS) is 12.9. The molecule has 0 aliphatic heterocycles. The average molecular weight is 337 g/mol. The van der Waals surface area contributed by atoms with Crippen molar-refractivity contribution in [3.05, 3.63) is 0 Å². The molecular weight excluding hydrogens is 305 g/mol. The van der Waals surface area contributed by atoms with Crippen molar-refractivity contribution >= 4 is 33.5 Å². The summed E-state index contributed by atoms with van der Waals surface area (Å²) in [5.41, 5.74) is 0. The van der Waals surface area contributed by atoms with E-state index in [0.717, 1.165) is 12.8 Å². The van der Waals surface area contributed by atoms with Gasteiger partial charge in [-0.1, -0.05) is 64.7 Å². The van der Waals surface area contributed by atoms with Gasteiger partial charge in [0.25, 0.3) is 0 Å². The van der Waals surface area contributed by atoms with E-state index in [4.69, 9.17) is 9.29 Å². The molecule has 1 unspecified atom stereocenters. The fourth-order valence-corrected chi connectivity index (χ4v) is 2.44. The summed E-state index contributed by atoms with van der Waals surface area (Å²) in [6.45, 7) is 4.13. The standard InChI is InChI=1S/C14H30O5S.Mg.2H/c1-3-4-5-6-7-8-9-10-11-12-13-18-14(2)19-20(15,16)17;;;/h14H,3-13H2,1-2H3,(H,15,16,17);;;/q;+2;2*-1. The minimum absolute atomic E-state index is 0. The van der Waals surface area contributed by atoms with Crippen molar-refractivity contribution in [2.75, 3.05) is 6.61 Å². The largest absolute Gasteiger partial charge is 2.00 e. The van der Waals surface area contributed by atoms with Crippen LogP contribution in [-0.4, -0.2) is 48.9 Å². The first-order chi connectivity index (χ1) is 9.45. The van der Waals surface area contributed by atoms with E-state index in [0.29, 0.717) is 6.61 Å². The topological polar surface area (TPSA) is 72.8 Å². The molecule has 0 aromatic heterocycles. The van der Waals surface area contributed by atoms with Crippen LogP contribution in [-0.2, 0) is 19.3 Å². The number of hydrogen-bond donors (Lipinski definition) is 1. The number of unbranched alkanes of at least 4 members (excludes halogenated alkanes) is 9. The van der Waals surface area contributed by atoms with Crippen LogP contribution in [0.4, 0.5) is 0 Å². The van der Waals surface area contributed by atoms with Crippen LogP contribution in [0.25, 0.3) is 0 Å². The minimum Gasteiger partial charge on any atom is -1.00 e. The molecule has 0 amide bonds. The van der Waals surface area contributed by atoms with Gasteiger partial charge >= 0.3 is 33.5 Å². The van der Waals surface area contributed by atoms with Gasteiger partial charge in [-0.3, -0.25) is 4.55 Å². The summed E-state index contributed by atoms with van der Waals surface area (Å²) in [6.07, 6.45) is 11.4. The quantitative estimate of drug-likeness (QED) is 0.225. The van der Waals surface area contributed by atoms with Crippen LogP contribution in [0.5, 0.6) is 0 Å². The molecule has 0 saturated heterocycles. The van der Waals surface area contributed by atoms with E-state index in [9.17, 15) is 8.42 Å². The molecule has 0 aromatic carbocycles. The Kier molecular flexibility index (Phi) is 17.6. The molecule has 21 heavy (non-hydrogen) atoms. The molecule has 5 nitrogen and oxygen atoms in total. The Bertz CT molecular complexity index is 318. The molecular formula is C14H32MgO5S. The van der Waals surface area contributed by atoms with Gasteiger partial charge < -0.3 is 7.59 Å². The molecule has 0 radical (unpaired) electrons. The van der Waals surface area contributed by atoms with E-state index >= 15 is 0 Å². The average Bonchev–Trinajstić information content (AvgIpc) is 2.34. The summed E-state index contributed by atoms with van der Waals surface area (Å²) < 4.78 is 38.6. The first kappa shape index (κ1) is 23.9. The second-order valence-electron chi connectivity index (χ2n) is 5.14. The van der Waals surface area contributed by atoms with E-state index in [2.05, 4.69) is 11.1 Å². The molecule has 0 aliphatic carbocycles. The van der Waals surface area contributed by atoms with E-state index in [1.807, 2.05) is 0 Å². The van der Waals surface area contributed by atoms with E-state index in [1.165, 1.54) is 58.3 Å². The second-order valence-corrected chi connectivity index (χ2v) is 6.19. The number of rotatable bonds is 14. The van der Waals surface area contributed by atoms with E-state index < -0.39 is 16.7 Å². The predicted molar refractivity (Wildman–Crippen MR) is 87.9 cm³/mol. The van der Waals surface area contributed by atoms with Gasteiger partial charge in [0.1, 0.15) is 0 Å². The molecule has 0 spiro atoms. The fourth-order valence-electron chi connectivity index (χ4n) is 2.04. The molecule has 0 heterocycles. The molecule has 0 saturated carbocycles. The molecule has 0 rings (SSSR count). The number of ether oxygens (including phenoxy) is 1. The Balaban J connectivity index is -0.000000602. The molecule has 7 heteroatoms. The first-order valence-electron chi connectivity index (χ1n) is 7.73. The summed E-state index contributed by atoms with van der Waals surface area (Å²) in [4.78, 5) is 0. The molecule has 0 aliphatic rings. The van der Waals surface area contributed by atoms with Crippen molar-refractivity contribution in [3.63, 3.8) is 0 Å². The van der Waals surface area contributed by atoms with E-state index in [1.54, 1.807) is 0 Å². The summed E-state index contributed by atoms with van der Waals surface area (Å²) in [7, 11) is -4.41. The number of hydrogen-bond acceptors (Lipinski definition) is 4. The van der Waals surface area contributed by atoms with Crippen molar-refractivity contribution < 1.29 is 24.7 Å². The molecule has 0 aromatic rings. The van der Waals surface area contributed by atoms with Crippen LogP contribution in [0.15, 0.2) is 0 Å². The zero-order chi connectivity index (χ0) is 15.3. The SMILES string of the molecule is CCCCCCCCCCCCOC(C)OS(=O)(=O)O.[H-].[H-].[Mg+2]. The maximum Gasteiger partial charge on any atom is 2.00 e. The fraction of sp³-hybridized carbons (Fsp3) is 1.00. The van der Waals surface area contributed by atoms with Crippen LogP contribution < -0.4 is 0 Å². The maximum absolute atomic E-state index is 10.4. The molecule has 0 fully saturated rings. The summed E-state index contributed by atoms with van der Waals surface area (Å²) in [6, 6.07) is 0. The van der Waals surface area contributed by atoms with Gasteiger partial charge in [0, 0.05) is 6.61 Å². The van der Waals surface area contributed by atoms with Crippen LogP contribution in [0.3, 0.4) is 0 Å². The Morgan fingerprint density at radius 3 is 1.81 bits per heavy atom. The van der Waals surface area contributed by atoms with E-state index in [-0.39, 0.29) is 25.9 Å². The van der Waals surface area contributed by atoms with Crippen LogP contribution >= 0.6 is 0 Å². The van der Waals surface area contributed by atoms with Crippen molar-refractivity contribution in [3.8, 4) is 0 Å². The van der Waals surface area contributed by atoms with Gasteiger partial charge in [-0.2, -0.15) is 8.42 Å². The Hall–Kier alpha value is 0.596. The van der Waals surface area contributed by atoms with Gasteiger partial charge in [0.2, 0.25) is 0 Å². The third kappa shape index (κ3) is 20.6. The van der Waals surface area contributed by atoms with Crippen molar-refractivity contribution in [2.45, 2.75) is 84.3 Å². The van der Waals surface area contributed by atoms with Crippen LogP contribution in [0, 0.1) is 0 Å². The second kappa shape index (κ2) is 15.5. The monoisotopic (exact) mass is 336 g/mol. The molecule has 126 valence electrons. The molecule has 0 bridgehead atoms. The van der Waals surface area contributed by atoms with Crippen LogP contribution in [0.2, 0.25) is 0 Å². The first-order valence-corrected chi connectivity index (χ1v) is 9.09. The van der Waals surface area contributed by atoms with Gasteiger partial charge in [0.05, 0.1) is 0 Å². The van der Waals surface area contributed by atoms with Gasteiger partial charge in [-0.25, -0.2) is 4.18 Å². The Labute approximate surface area is 149 Å². The third-order valence-corrected chi connectivity index (χ3v) is 3.62. The Morgan fingerprint density at radius 2 is 1.38 bits per heavy atom. The van der Waals surface area contributed by atoms with Crippen molar-refractivity contribution in [1.82, 2.24) is 0 Å². The predicted octanol–water partition coefficient (Wildman–Crippen LogP) is 3.93.